The molecule has 0 aromatic heterocycles. The largest absolute Gasteiger partial charge is 0.494 e. The van der Waals surface area contributed by atoms with Crippen LogP contribution in [-0.2, 0) is 10.0 Å². The highest BCUT2D eigenvalue weighted by Gasteiger charge is 2.29. The van der Waals surface area contributed by atoms with Crippen LogP contribution in [0.25, 0.3) is 0 Å². The Morgan fingerprint density at radius 2 is 1.55 bits per heavy atom. The van der Waals surface area contributed by atoms with Gasteiger partial charge in [0.25, 0.3) is 21.8 Å². The Labute approximate surface area is 178 Å². The van der Waals surface area contributed by atoms with Crippen LogP contribution >= 0.6 is 0 Å². The van der Waals surface area contributed by atoms with E-state index in [4.69, 9.17) is 9.47 Å². The fourth-order valence-electron chi connectivity index (χ4n) is 3.06. The molecule has 0 saturated carbocycles. The van der Waals surface area contributed by atoms with Crippen molar-refractivity contribution in [2.24, 2.45) is 0 Å². The Balaban J connectivity index is 1.59. The minimum Gasteiger partial charge on any atom is -0.494 e. The van der Waals surface area contributed by atoms with E-state index in [0.717, 1.165) is 0 Å². The van der Waals surface area contributed by atoms with Gasteiger partial charge in [-0.05, 0) is 61.5 Å². The summed E-state index contributed by atoms with van der Waals surface area (Å²) in [7, 11) is -4.05. The molecule has 0 atom stereocenters. The molecule has 0 fully saturated rings. The van der Waals surface area contributed by atoms with Crippen molar-refractivity contribution in [3.63, 3.8) is 0 Å². The minimum absolute atomic E-state index is 0.0202. The summed E-state index contributed by atoms with van der Waals surface area (Å²) in [5.41, 5.74) is 0.382. The highest BCUT2D eigenvalue weighted by molar-refractivity contribution is 7.92. The maximum Gasteiger partial charge on any atom is 0.262 e. The molecule has 1 aliphatic rings. The van der Waals surface area contributed by atoms with Gasteiger partial charge in [0.05, 0.1) is 28.3 Å². The van der Waals surface area contributed by atoms with E-state index >= 15 is 0 Å². The SMILES string of the molecule is CCOc1ccc(Oc2ccccc2NS(=O)(=O)c2ccc3c(c2)C(=O)NC3=O)cc1. The first-order valence-electron chi connectivity index (χ1n) is 9.39. The topological polar surface area (TPSA) is 111 Å². The molecule has 1 aliphatic heterocycles. The van der Waals surface area contributed by atoms with Gasteiger partial charge in [0.1, 0.15) is 11.5 Å². The lowest BCUT2D eigenvalue weighted by atomic mass is 10.1. The van der Waals surface area contributed by atoms with Gasteiger partial charge in [-0.2, -0.15) is 0 Å². The van der Waals surface area contributed by atoms with Crippen molar-refractivity contribution in [1.82, 2.24) is 5.32 Å². The Morgan fingerprint density at radius 3 is 2.29 bits per heavy atom. The maximum atomic E-state index is 12.9. The summed E-state index contributed by atoms with van der Waals surface area (Å²) in [6, 6.07) is 17.3. The molecule has 0 bridgehead atoms. The van der Waals surface area contributed by atoms with Crippen LogP contribution in [0.5, 0.6) is 17.2 Å². The second-order valence-electron chi connectivity index (χ2n) is 6.60. The van der Waals surface area contributed by atoms with E-state index in [-0.39, 0.29) is 21.7 Å². The molecule has 3 aromatic rings. The molecule has 0 spiro atoms. The molecule has 9 heteroatoms. The Bertz CT molecular complexity index is 1270. The minimum atomic E-state index is -4.05. The number of carbonyl (C=O) groups excluding carboxylic acids is 2. The average molecular weight is 438 g/mol. The van der Waals surface area contributed by atoms with Crippen LogP contribution in [0.4, 0.5) is 5.69 Å². The van der Waals surface area contributed by atoms with Crippen LogP contribution in [0.2, 0.25) is 0 Å². The maximum absolute atomic E-state index is 12.9. The number of imide groups is 1. The predicted octanol–water partition coefficient (Wildman–Crippen LogP) is 3.56. The van der Waals surface area contributed by atoms with Gasteiger partial charge in [-0.15, -0.1) is 0 Å². The summed E-state index contributed by atoms with van der Waals surface area (Å²) in [5.74, 6) is 0.317. The zero-order valence-electron chi connectivity index (χ0n) is 16.4. The highest BCUT2D eigenvalue weighted by Crippen LogP contribution is 2.32. The third-order valence-electron chi connectivity index (χ3n) is 4.51. The van der Waals surface area contributed by atoms with Crippen molar-refractivity contribution in [3.05, 3.63) is 77.9 Å². The van der Waals surface area contributed by atoms with Crippen LogP contribution in [0, 0.1) is 0 Å². The number of ether oxygens (including phenoxy) is 2. The lowest BCUT2D eigenvalue weighted by Crippen LogP contribution is -2.20. The number of amides is 2. The number of rotatable bonds is 7. The van der Waals surface area contributed by atoms with Crippen LogP contribution in [0.1, 0.15) is 27.6 Å². The van der Waals surface area contributed by atoms with Gasteiger partial charge in [-0.3, -0.25) is 19.6 Å². The van der Waals surface area contributed by atoms with Gasteiger partial charge in [0.2, 0.25) is 0 Å². The molecule has 158 valence electrons. The highest BCUT2D eigenvalue weighted by atomic mass is 32.2. The molecular formula is C22H18N2O6S. The van der Waals surface area contributed by atoms with Gasteiger partial charge in [-0.1, -0.05) is 12.1 Å². The molecule has 31 heavy (non-hydrogen) atoms. The summed E-state index contributed by atoms with van der Waals surface area (Å²) < 4.78 is 39.5. The number of nitrogens with one attached hydrogen (secondary N) is 2. The van der Waals surface area contributed by atoms with Crippen molar-refractivity contribution < 1.29 is 27.5 Å². The van der Waals surface area contributed by atoms with Crippen molar-refractivity contribution in [3.8, 4) is 17.2 Å². The van der Waals surface area contributed by atoms with Crippen molar-refractivity contribution in [2.75, 3.05) is 11.3 Å². The van der Waals surface area contributed by atoms with Crippen LogP contribution < -0.4 is 19.5 Å². The number of hydrogen-bond donors (Lipinski definition) is 2. The first kappa shape index (κ1) is 20.4. The van der Waals surface area contributed by atoms with Crippen molar-refractivity contribution in [1.29, 1.82) is 0 Å². The molecule has 0 radical (unpaired) electrons. The molecule has 4 rings (SSSR count). The molecule has 8 nitrogen and oxygen atoms in total. The van der Waals surface area contributed by atoms with E-state index < -0.39 is 21.8 Å². The monoisotopic (exact) mass is 438 g/mol. The van der Waals surface area contributed by atoms with Gasteiger partial charge in [-0.25, -0.2) is 8.42 Å². The second-order valence-corrected chi connectivity index (χ2v) is 8.28. The molecule has 0 unspecified atom stereocenters. The number of hydrogen-bond acceptors (Lipinski definition) is 6. The van der Waals surface area contributed by atoms with E-state index in [9.17, 15) is 18.0 Å². The Hall–Kier alpha value is -3.85. The molecule has 2 amide bonds. The zero-order valence-corrected chi connectivity index (χ0v) is 17.2. The van der Waals surface area contributed by atoms with Gasteiger partial charge in [0.15, 0.2) is 5.75 Å². The zero-order chi connectivity index (χ0) is 22.0. The van der Waals surface area contributed by atoms with E-state index in [1.54, 1.807) is 48.5 Å². The molecule has 0 aliphatic carbocycles. The summed E-state index contributed by atoms with van der Waals surface area (Å²) in [6.07, 6.45) is 0. The van der Waals surface area contributed by atoms with Gasteiger partial charge < -0.3 is 9.47 Å². The van der Waals surface area contributed by atoms with Gasteiger partial charge >= 0.3 is 0 Å². The van der Waals surface area contributed by atoms with E-state index in [1.807, 2.05) is 6.92 Å². The van der Waals surface area contributed by atoms with Gasteiger partial charge in [0, 0.05) is 0 Å². The summed E-state index contributed by atoms with van der Waals surface area (Å²) in [4.78, 5) is 23.4. The quantitative estimate of drug-likeness (QED) is 0.546. The lowest BCUT2D eigenvalue weighted by Gasteiger charge is -2.14. The first-order valence-corrected chi connectivity index (χ1v) is 10.9. The average Bonchev–Trinajstić information content (AvgIpc) is 3.04. The fraction of sp³-hybridized carbons (Fsp3) is 0.0909. The van der Waals surface area contributed by atoms with Crippen LogP contribution in [-0.4, -0.2) is 26.8 Å². The van der Waals surface area contributed by atoms with E-state index in [2.05, 4.69) is 10.0 Å². The lowest BCUT2D eigenvalue weighted by molar-refractivity contribution is 0.0879. The smallest absolute Gasteiger partial charge is 0.262 e. The second kappa shape index (κ2) is 8.11. The van der Waals surface area contributed by atoms with Crippen molar-refractivity contribution in [2.45, 2.75) is 11.8 Å². The summed E-state index contributed by atoms with van der Waals surface area (Å²) >= 11 is 0. The third kappa shape index (κ3) is 4.22. The standard InChI is InChI=1S/C22H18N2O6S/c1-2-29-14-7-9-15(10-8-14)30-20-6-4-3-5-19(20)24-31(27,28)16-11-12-17-18(13-16)22(26)23-21(17)25/h3-13,24H,2H2,1H3,(H,23,25,26). The normalized spacial score (nSPS) is 12.8. The van der Waals surface area contributed by atoms with Crippen molar-refractivity contribution >= 4 is 27.5 Å². The molecule has 1 heterocycles. The molecule has 2 N–H and O–H groups in total. The summed E-state index contributed by atoms with van der Waals surface area (Å²) in [6.45, 7) is 2.43. The molecule has 3 aromatic carbocycles. The van der Waals surface area contributed by atoms with Crippen LogP contribution in [0.15, 0.2) is 71.6 Å². The number of sulfonamides is 1. The van der Waals surface area contributed by atoms with E-state index in [0.29, 0.717) is 23.9 Å². The molecule has 0 saturated heterocycles. The van der Waals surface area contributed by atoms with E-state index in [1.165, 1.54) is 18.2 Å². The third-order valence-corrected chi connectivity index (χ3v) is 5.87. The first-order chi connectivity index (χ1) is 14.9. The fourth-order valence-corrected chi connectivity index (χ4v) is 4.15. The Morgan fingerprint density at radius 1 is 0.871 bits per heavy atom. The Kier molecular flexibility index (Phi) is 5.35. The van der Waals surface area contributed by atoms with Crippen LogP contribution in [0.3, 0.4) is 0 Å². The predicted molar refractivity (Wildman–Crippen MR) is 113 cm³/mol. The number of fused-ring (bicyclic) bond motifs is 1. The molecular weight excluding hydrogens is 420 g/mol. The number of carbonyl (C=O) groups is 2. The summed E-state index contributed by atoms with van der Waals surface area (Å²) in [5, 5.41) is 2.14. The number of benzene rings is 3. The number of anilines is 1. The number of para-hydroxylation sites is 2.